The van der Waals surface area contributed by atoms with Crippen LogP contribution in [0.25, 0.3) is 0 Å². The van der Waals surface area contributed by atoms with E-state index in [9.17, 15) is 38.1 Å². The van der Waals surface area contributed by atoms with Gasteiger partial charge in [0.2, 0.25) is 0 Å². The maximum atomic E-state index is 11.8. The number of nitrogens with one attached hydrogen (secondary N) is 1. The van der Waals surface area contributed by atoms with Gasteiger partial charge in [-0.25, -0.2) is 23.3 Å². The summed E-state index contributed by atoms with van der Waals surface area (Å²) in [5.74, 6) is 1.33. The highest BCUT2D eigenvalue weighted by Gasteiger charge is 2.45. The van der Waals surface area contributed by atoms with Gasteiger partial charge in [-0.3, -0.25) is 18.9 Å². The van der Waals surface area contributed by atoms with Gasteiger partial charge in [0.15, 0.2) is 6.23 Å². The Hall–Kier alpha value is -1.54. The third-order valence-electron chi connectivity index (χ3n) is 3.28. The Morgan fingerprint density at radius 3 is 2.30 bits per heavy atom. The van der Waals surface area contributed by atoms with Crippen LogP contribution in [-0.4, -0.2) is 59.0 Å². The van der Waals surface area contributed by atoms with Crippen molar-refractivity contribution in [2.75, 3.05) is 6.61 Å². The summed E-state index contributed by atoms with van der Waals surface area (Å²) in [6, 6.07) is 0.902. The van der Waals surface area contributed by atoms with Gasteiger partial charge in [-0.1, -0.05) is 0 Å². The molecule has 2 unspecified atom stereocenters. The maximum Gasteiger partial charge on any atom is 0.490 e. The van der Waals surface area contributed by atoms with Crippen molar-refractivity contribution in [2.24, 2.45) is 0 Å². The molecule has 1 aliphatic rings. The lowest BCUT2D eigenvalue weighted by atomic mass is 10.1. The van der Waals surface area contributed by atoms with E-state index in [1.165, 1.54) is 5.94 Å². The van der Waals surface area contributed by atoms with Crippen LogP contribution < -0.4 is 11.2 Å². The molecule has 0 aliphatic carbocycles. The summed E-state index contributed by atoms with van der Waals surface area (Å²) in [5.41, 5.74) is -2.35. The fourth-order valence-corrected chi connectivity index (χ4v) is 5.23. The molecule has 30 heavy (non-hydrogen) atoms. The Kier molecular flexibility index (Phi) is 7.34. The number of rotatable bonds is 8. The molecule has 1 fully saturated rings. The molecule has 168 valence electrons. The minimum Gasteiger partial charge on any atom is -0.385 e. The van der Waals surface area contributed by atoms with Crippen molar-refractivity contribution in [3.63, 3.8) is 0 Å². The molecule has 20 heteroatoms. The second kappa shape index (κ2) is 8.91. The Morgan fingerprint density at radius 2 is 1.77 bits per heavy atom. The van der Waals surface area contributed by atoms with Crippen molar-refractivity contribution in [1.29, 1.82) is 0 Å². The number of ether oxygens (including phenoxy) is 1. The molecule has 0 aromatic carbocycles. The standard InChI is InChI=1S/C10H13N2O15P3/c13-3-5-8(15)6(25-9(5)12-2-1-7(14)11-10(12)16)4-24-29(20,21)27-30(22,23)26-28(17,18)19/h1-2,6,8-9,15H,4H2,(H,20,21)(H,22,23)(H,11,14,16)(H2,17,18,19)/t6-,8+,9-/m1/s1. The van der Waals surface area contributed by atoms with Crippen LogP contribution in [0.1, 0.15) is 6.23 Å². The van der Waals surface area contributed by atoms with Gasteiger partial charge in [-0.15, -0.1) is 0 Å². The van der Waals surface area contributed by atoms with E-state index in [1.54, 1.807) is 0 Å². The van der Waals surface area contributed by atoms with Crippen LogP contribution in [0.15, 0.2) is 27.4 Å². The van der Waals surface area contributed by atoms with E-state index in [2.05, 4.69) is 13.1 Å². The second-order valence-corrected chi connectivity index (χ2v) is 9.85. The molecule has 17 nitrogen and oxygen atoms in total. The van der Waals surface area contributed by atoms with Gasteiger partial charge in [0, 0.05) is 12.3 Å². The van der Waals surface area contributed by atoms with Gasteiger partial charge in [0.1, 0.15) is 18.1 Å². The Morgan fingerprint density at radius 1 is 1.13 bits per heavy atom. The molecular formula is C10H13N2O15P3. The molecule has 1 aromatic rings. The third kappa shape index (κ3) is 6.48. The molecule has 6 N–H and O–H groups in total. The zero-order valence-corrected chi connectivity index (χ0v) is 16.9. The number of aliphatic hydroxyl groups is 1. The normalized spacial score (nSPS) is 26.0. The van der Waals surface area contributed by atoms with Crippen LogP contribution in [-0.2, 0) is 36.4 Å². The zero-order chi connectivity index (χ0) is 22.9. The van der Waals surface area contributed by atoms with Gasteiger partial charge in [0.25, 0.3) is 5.56 Å². The van der Waals surface area contributed by atoms with Crippen LogP contribution in [0.4, 0.5) is 0 Å². The maximum absolute atomic E-state index is 11.8. The molecule has 5 atom stereocenters. The molecule has 2 rings (SSSR count). The largest absolute Gasteiger partial charge is 0.490 e. The zero-order valence-electron chi connectivity index (χ0n) is 14.2. The lowest BCUT2D eigenvalue weighted by Crippen LogP contribution is -2.32. The first-order valence-corrected chi connectivity index (χ1v) is 11.8. The first-order valence-electron chi connectivity index (χ1n) is 7.32. The SMILES string of the molecule is O=C=C1[C@H](n2ccc(=O)[nH]c2=O)O[C@H](COP(=O)(O)OP(=O)(O)OP(=O)(O)O)[C@H]1O. The summed E-state index contributed by atoms with van der Waals surface area (Å²) in [7, 11) is -16.8. The molecule has 0 bridgehead atoms. The summed E-state index contributed by atoms with van der Waals surface area (Å²) in [6.45, 7) is -1.08. The predicted molar refractivity (Wildman–Crippen MR) is 90.3 cm³/mol. The highest BCUT2D eigenvalue weighted by atomic mass is 31.3. The number of hydrogen-bond donors (Lipinski definition) is 6. The number of aromatic nitrogens is 2. The van der Waals surface area contributed by atoms with Crippen molar-refractivity contribution < 1.29 is 61.1 Å². The highest BCUT2D eigenvalue weighted by molar-refractivity contribution is 7.66. The topological polar surface area (TPSA) is 261 Å². The van der Waals surface area contributed by atoms with Gasteiger partial charge in [-0.2, -0.15) is 8.62 Å². The fraction of sp³-hybridized carbons (Fsp3) is 0.400. The molecule has 1 aromatic heterocycles. The molecule has 1 saturated heterocycles. The van der Waals surface area contributed by atoms with Crippen molar-refractivity contribution in [2.45, 2.75) is 18.4 Å². The molecule has 0 radical (unpaired) electrons. The lowest BCUT2D eigenvalue weighted by molar-refractivity contribution is -0.0438. The van der Waals surface area contributed by atoms with Crippen molar-refractivity contribution >= 4 is 29.4 Å². The van der Waals surface area contributed by atoms with E-state index in [4.69, 9.17) is 19.4 Å². The van der Waals surface area contributed by atoms with Crippen LogP contribution in [0.2, 0.25) is 0 Å². The van der Waals surface area contributed by atoms with Gasteiger partial charge in [-0.05, 0) is 0 Å². The van der Waals surface area contributed by atoms with Crippen LogP contribution >= 0.6 is 23.5 Å². The lowest BCUT2D eigenvalue weighted by Gasteiger charge is -2.19. The Balaban J connectivity index is 2.13. The van der Waals surface area contributed by atoms with Gasteiger partial charge < -0.3 is 29.4 Å². The van der Waals surface area contributed by atoms with Crippen LogP contribution in [0.3, 0.4) is 0 Å². The quantitative estimate of drug-likeness (QED) is 0.167. The molecular weight excluding hydrogens is 481 g/mol. The molecule has 0 saturated carbocycles. The fourth-order valence-electron chi connectivity index (χ4n) is 2.20. The van der Waals surface area contributed by atoms with Crippen LogP contribution in [0, 0.1) is 0 Å². The Labute approximate surface area is 164 Å². The van der Waals surface area contributed by atoms with Gasteiger partial charge >= 0.3 is 29.2 Å². The number of hydrogen-bond acceptors (Lipinski definition) is 11. The van der Waals surface area contributed by atoms with E-state index >= 15 is 0 Å². The summed E-state index contributed by atoms with van der Waals surface area (Å²) in [6.07, 6.45) is -4.11. The van der Waals surface area contributed by atoms with E-state index in [1.807, 2.05) is 4.98 Å². The molecule has 1 aliphatic heterocycles. The third-order valence-corrected chi connectivity index (χ3v) is 7.08. The number of aliphatic hydroxyl groups excluding tert-OH is 1. The second-order valence-electron chi connectivity index (χ2n) is 5.43. The predicted octanol–water partition coefficient (Wildman–Crippen LogP) is -2.10. The van der Waals surface area contributed by atoms with E-state index in [-0.39, 0.29) is 0 Å². The number of phosphoric acid groups is 3. The molecule has 2 heterocycles. The van der Waals surface area contributed by atoms with E-state index < -0.39 is 65.3 Å². The van der Waals surface area contributed by atoms with Crippen molar-refractivity contribution in [3.05, 3.63) is 38.7 Å². The van der Waals surface area contributed by atoms with E-state index in [0.717, 1.165) is 12.3 Å². The number of nitrogens with zero attached hydrogens (tertiary/aromatic N) is 1. The number of phosphoric ester groups is 1. The van der Waals surface area contributed by atoms with E-state index in [0.29, 0.717) is 4.57 Å². The smallest absolute Gasteiger partial charge is 0.385 e. The molecule has 0 spiro atoms. The summed E-state index contributed by atoms with van der Waals surface area (Å²) < 4.78 is 50.7. The highest BCUT2D eigenvalue weighted by Crippen LogP contribution is 2.66. The number of aromatic amines is 1. The number of carbonyl (C=O) groups excluding carboxylic acids is 1. The van der Waals surface area contributed by atoms with Crippen molar-refractivity contribution in [3.8, 4) is 0 Å². The van der Waals surface area contributed by atoms with Crippen molar-refractivity contribution in [1.82, 2.24) is 9.55 Å². The molecule has 0 amide bonds. The Bertz CT molecular complexity index is 1110. The monoisotopic (exact) mass is 494 g/mol. The minimum absolute atomic E-state index is 0.552. The summed E-state index contributed by atoms with van der Waals surface area (Å²) in [5, 5.41) is 10.1. The summed E-state index contributed by atoms with van der Waals surface area (Å²) in [4.78, 5) is 71.3. The minimum atomic E-state index is -5.75. The average molecular weight is 494 g/mol. The summed E-state index contributed by atoms with van der Waals surface area (Å²) >= 11 is 0. The first-order chi connectivity index (χ1) is 13.6. The van der Waals surface area contributed by atoms with Gasteiger partial charge in [0.05, 0.1) is 12.2 Å². The van der Waals surface area contributed by atoms with Crippen LogP contribution in [0.5, 0.6) is 0 Å². The number of H-pyrrole nitrogens is 1. The first kappa shape index (κ1) is 24.7. The average Bonchev–Trinajstić information content (AvgIpc) is 2.85.